The van der Waals surface area contributed by atoms with Gasteiger partial charge in [-0.1, -0.05) is 25.5 Å². The summed E-state index contributed by atoms with van der Waals surface area (Å²) >= 11 is 0. The lowest BCUT2D eigenvalue weighted by molar-refractivity contribution is -0.137. The summed E-state index contributed by atoms with van der Waals surface area (Å²) in [4.78, 5) is 27.9. The second-order valence-corrected chi connectivity index (χ2v) is 10.1. The summed E-state index contributed by atoms with van der Waals surface area (Å²) in [5.74, 6) is -0.0916. The van der Waals surface area contributed by atoms with Gasteiger partial charge in [0.05, 0.1) is 17.0 Å². The zero-order chi connectivity index (χ0) is 26.4. The molecule has 3 aromatic rings. The van der Waals surface area contributed by atoms with Gasteiger partial charge in [-0.15, -0.1) is 0 Å². The van der Waals surface area contributed by atoms with E-state index >= 15 is 0 Å². The van der Waals surface area contributed by atoms with Gasteiger partial charge in [0.2, 0.25) is 0 Å². The number of nitrogens with one attached hydrogen (secondary N) is 2. The maximum atomic E-state index is 13.3. The Kier molecular flexibility index (Phi) is 6.33. The van der Waals surface area contributed by atoms with Gasteiger partial charge < -0.3 is 10.2 Å². The zero-order valence-electron chi connectivity index (χ0n) is 20.7. The number of hydrogen-bond acceptors (Lipinski definition) is 4. The minimum absolute atomic E-state index is 0.172. The van der Waals surface area contributed by atoms with E-state index in [0.29, 0.717) is 36.6 Å². The first-order chi connectivity index (χ1) is 17.6. The number of H-pyrrole nitrogens is 1. The zero-order valence-corrected chi connectivity index (χ0v) is 20.7. The molecule has 1 saturated carbocycles. The number of fused-ring (bicyclic) bond motifs is 1. The van der Waals surface area contributed by atoms with Gasteiger partial charge in [-0.3, -0.25) is 19.4 Å². The molecule has 1 saturated heterocycles. The maximum absolute atomic E-state index is 13.3. The highest BCUT2D eigenvalue weighted by molar-refractivity contribution is 5.94. The third kappa shape index (κ3) is 4.74. The molecule has 2 aromatic heterocycles. The molecule has 0 bridgehead atoms. The molecule has 8 nitrogen and oxygen atoms in total. The number of hydrogen-bond donors (Lipinski definition) is 2. The van der Waals surface area contributed by atoms with Gasteiger partial charge >= 0.3 is 6.18 Å². The molecule has 1 aliphatic carbocycles. The van der Waals surface area contributed by atoms with Crippen LogP contribution in [0.4, 0.5) is 13.2 Å². The average molecular weight is 515 g/mol. The highest BCUT2D eigenvalue weighted by Crippen LogP contribution is 2.48. The van der Waals surface area contributed by atoms with Gasteiger partial charge in [-0.25, -0.2) is 0 Å². The summed E-state index contributed by atoms with van der Waals surface area (Å²) in [7, 11) is 1.75. The van der Waals surface area contributed by atoms with Gasteiger partial charge in [-0.2, -0.15) is 23.4 Å². The van der Waals surface area contributed by atoms with Crippen LogP contribution in [0.3, 0.4) is 0 Å². The molecular weight excluding hydrogens is 485 g/mol. The largest absolute Gasteiger partial charge is 0.416 e. The molecule has 3 heterocycles. The number of nitrogens with zero attached hydrogens (tertiary/aromatic N) is 4. The summed E-state index contributed by atoms with van der Waals surface area (Å²) < 4.78 is 40.2. The van der Waals surface area contributed by atoms with E-state index in [-0.39, 0.29) is 28.8 Å². The van der Waals surface area contributed by atoms with Gasteiger partial charge in [0.25, 0.3) is 11.8 Å². The fraction of sp³-hybridized carbons (Fsp3) is 0.462. The first-order valence-corrected chi connectivity index (χ1v) is 12.4. The second kappa shape index (κ2) is 9.35. The maximum Gasteiger partial charge on any atom is 0.416 e. The van der Waals surface area contributed by atoms with Crippen LogP contribution >= 0.6 is 0 Å². The summed E-state index contributed by atoms with van der Waals surface area (Å²) in [5.41, 5.74) is 1.63. The SMILES string of the molecule is CCc1cc(C(=O)NC[C@]23CCC[C@H]2CN(C(=O)c2cc(-c4ccc(C(F)(F)F)cc4)n[nH]2)C3)n(C)n1. The number of likely N-dealkylation sites (tertiary alicyclic amines) is 1. The first-order valence-electron chi connectivity index (χ1n) is 12.4. The lowest BCUT2D eigenvalue weighted by Crippen LogP contribution is -2.41. The van der Waals surface area contributed by atoms with Crippen LogP contribution in [0.25, 0.3) is 11.3 Å². The summed E-state index contributed by atoms with van der Waals surface area (Å²) in [6.07, 6.45) is -0.697. The molecule has 37 heavy (non-hydrogen) atoms. The van der Waals surface area contributed by atoms with Crippen molar-refractivity contribution in [2.24, 2.45) is 18.4 Å². The van der Waals surface area contributed by atoms with Crippen LogP contribution in [0.2, 0.25) is 0 Å². The predicted octanol–water partition coefficient (Wildman–Crippen LogP) is 4.06. The molecule has 1 aromatic carbocycles. The van der Waals surface area contributed by atoms with E-state index in [2.05, 4.69) is 20.6 Å². The van der Waals surface area contributed by atoms with E-state index in [4.69, 9.17) is 0 Å². The minimum atomic E-state index is -4.41. The van der Waals surface area contributed by atoms with Crippen molar-refractivity contribution in [3.63, 3.8) is 0 Å². The van der Waals surface area contributed by atoms with Crippen LogP contribution in [0.5, 0.6) is 0 Å². The van der Waals surface area contributed by atoms with Gasteiger partial charge in [0.15, 0.2) is 0 Å². The summed E-state index contributed by atoms with van der Waals surface area (Å²) in [5, 5.41) is 14.3. The van der Waals surface area contributed by atoms with E-state index in [9.17, 15) is 22.8 Å². The topological polar surface area (TPSA) is 95.9 Å². The van der Waals surface area contributed by atoms with E-state index < -0.39 is 11.7 Å². The smallest absolute Gasteiger partial charge is 0.350 e. The van der Waals surface area contributed by atoms with E-state index in [1.165, 1.54) is 12.1 Å². The Hall–Kier alpha value is -3.63. The number of aromatic amines is 1. The van der Waals surface area contributed by atoms with E-state index in [1.54, 1.807) is 28.8 Å². The van der Waals surface area contributed by atoms with Crippen molar-refractivity contribution in [3.8, 4) is 11.3 Å². The lowest BCUT2D eigenvalue weighted by Gasteiger charge is -2.29. The number of alkyl halides is 3. The molecule has 0 radical (unpaired) electrons. The molecule has 0 spiro atoms. The van der Waals surface area contributed by atoms with Gasteiger partial charge in [0, 0.05) is 37.7 Å². The molecule has 2 amide bonds. The molecule has 0 unspecified atom stereocenters. The van der Waals surface area contributed by atoms with Crippen molar-refractivity contribution in [2.45, 2.75) is 38.8 Å². The Morgan fingerprint density at radius 1 is 1.22 bits per heavy atom. The Balaban J connectivity index is 1.26. The Labute approximate surface area is 212 Å². The van der Waals surface area contributed by atoms with Crippen molar-refractivity contribution in [3.05, 3.63) is 59.0 Å². The minimum Gasteiger partial charge on any atom is -0.350 e. The van der Waals surface area contributed by atoms with Crippen LogP contribution in [0.1, 0.15) is 58.4 Å². The third-order valence-corrected chi connectivity index (χ3v) is 7.77. The van der Waals surface area contributed by atoms with Crippen LogP contribution in [-0.4, -0.2) is 56.3 Å². The Bertz CT molecular complexity index is 1310. The highest BCUT2D eigenvalue weighted by Gasteiger charge is 2.51. The molecule has 196 valence electrons. The molecular formula is C26H29F3N6O2. The fourth-order valence-electron chi connectivity index (χ4n) is 5.70. The Morgan fingerprint density at radius 2 is 1.97 bits per heavy atom. The van der Waals surface area contributed by atoms with Crippen LogP contribution < -0.4 is 5.32 Å². The lowest BCUT2D eigenvalue weighted by atomic mass is 9.80. The third-order valence-electron chi connectivity index (χ3n) is 7.77. The molecule has 5 rings (SSSR count). The monoisotopic (exact) mass is 514 g/mol. The van der Waals surface area contributed by atoms with Crippen molar-refractivity contribution in [2.75, 3.05) is 19.6 Å². The normalized spacial score (nSPS) is 21.3. The number of carbonyl (C=O) groups excluding carboxylic acids is 2. The molecule has 2 N–H and O–H groups in total. The number of aryl methyl sites for hydroxylation is 2. The van der Waals surface area contributed by atoms with Gasteiger partial charge in [0.1, 0.15) is 11.4 Å². The van der Waals surface area contributed by atoms with Crippen molar-refractivity contribution >= 4 is 11.8 Å². The predicted molar refractivity (Wildman–Crippen MR) is 130 cm³/mol. The molecule has 11 heteroatoms. The first kappa shape index (κ1) is 25.0. The number of rotatable bonds is 6. The number of benzene rings is 1. The van der Waals surface area contributed by atoms with E-state index in [1.807, 2.05) is 6.92 Å². The van der Waals surface area contributed by atoms with E-state index in [0.717, 1.165) is 43.5 Å². The van der Waals surface area contributed by atoms with Crippen LogP contribution in [0.15, 0.2) is 36.4 Å². The molecule has 2 aliphatic rings. The molecule has 2 atom stereocenters. The van der Waals surface area contributed by atoms with Crippen molar-refractivity contribution < 1.29 is 22.8 Å². The van der Waals surface area contributed by atoms with Crippen LogP contribution in [-0.2, 0) is 19.6 Å². The standard InChI is InChI=1S/C26H29F3N6O2/c1-3-19-11-22(34(2)33-19)23(36)30-14-25-10-4-5-18(25)13-35(15-25)24(37)21-12-20(31-32-21)16-6-8-17(9-7-16)26(27,28)29/h6-9,11-12,18H,3-5,10,13-15H2,1-2H3,(H,30,36)(H,31,32)/t18-,25-/m0/s1. The number of amides is 2. The second-order valence-electron chi connectivity index (χ2n) is 10.1. The molecule has 1 aliphatic heterocycles. The fourth-order valence-corrected chi connectivity index (χ4v) is 5.70. The number of aromatic nitrogens is 4. The summed E-state index contributed by atoms with van der Waals surface area (Å²) in [6, 6.07) is 8.06. The summed E-state index contributed by atoms with van der Waals surface area (Å²) in [6.45, 7) is 3.58. The van der Waals surface area contributed by atoms with Crippen molar-refractivity contribution in [1.82, 2.24) is 30.2 Å². The van der Waals surface area contributed by atoms with Crippen LogP contribution in [0, 0.1) is 11.3 Å². The average Bonchev–Trinajstić information content (AvgIpc) is 3.64. The van der Waals surface area contributed by atoms with Crippen molar-refractivity contribution in [1.29, 1.82) is 0 Å². The van der Waals surface area contributed by atoms with Gasteiger partial charge in [-0.05, 0) is 49.4 Å². The molecule has 2 fully saturated rings. The quantitative estimate of drug-likeness (QED) is 0.519. The number of halogens is 3. The Morgan fingerprint density at radius 3 is 2.65 bits per heavy atom. The highest BCUT2D eigenvalue weighted by atomic mass is 19.4. The number of carbonyl (C=O) groups is 2.